The Bertz CT molecular complexity index is 912. The standard InChI is InChI=1S/C14H16BrF2N5O3S/c15-10-8-19-12-11(18-3-6-22(10)12)13(23)20-7-9-1-4-21(5-2-9)26(24,25)14(16)17/h3,6,8-9,14H,1-2,4-5,7H2,(H,20,23). The van der Waals surface area contributed by atoms with Crippen LogP contribution in [0.15, 0.2) is 23.2 Å². The summed E-state index contributed by atoms with van der Waals surface area (Å²) in [6, 6.07) is 0. The maximum atomic E-state index is 12.6. The lowest BCUT2D eigenvalue weighted by molar-refractivity contribution is 0.0937. The molecule has 0 atom stereocenters. The maximum absolute atomic E-state index is 12.6. The van der Waals surface area contributed by atoms with Gasteiger partial charge in [-0.05, 0) is 34.7 Å². The van der Waals surface area contributed by atoms with Crippen LogP contribution in [-0.4, -0.2) is 58.4 Å². The summed E-state index contributed by atoms with van der Waals surface area (Å²) in [6.45, 7) is 0.356. The van der Waals surface area contributed by atoms with E-state index in [0.717, 1.165) is 4.31 Å². The van der Waals surface area contributed by atoms with Crippen molar-refractivity contribution >= 4 is 37.5 Å². The Morgan fingerprint density at radius 2 is 2.04 bits per heavy atom. The number of carbonyl (C=O) groups excluding carboxylic acids is 1. The third-order valence-corrected chi connectivity index (χ3v) is 6.43. The average Bonchev–Trinajstić information content (AvgIpc) is 3.01. The minimum atomic E-state index is -4.53. The van der Waals surface area contributed by atoms with E-state index < -0.39 is 21.7 Å². The molecule has 3 rings (SSSR count). The quantitative estimate of drug-likeness (QED) is 0.742. The van der Waals surface area contributed by atoms with E-state index in [9.17, 15) is 22.0 Å². The summed E-state index contributed by atoms with van der Waals surface area (Å²) < 4.78 is 51.2. The fourth-order valence-corrected chi connectivity index (χ4v) is 4.18. The molecule has 1 fully saturated rings. The SMILES string of the molecule is O=C(NCC1CCN(S(=O)(=O)C(F)F)CC1)c1nccn2c(Br)cnc12. The molecule has 0 aliphatic carbocycles. The molecule has 142 valence electrons. The van der Waals surface area contributed by atoms with Crippen molar-refractivity contribution < 1.29 is 22.0 Å². The zero-order valence-electron chi connectivity index (χ0n) is 13.5. The number of imidazole rings is 1. The third-order valence-electron chi connectivity index (χ3n) is 4.31. The molecule has 0 bridgehead atoms. The van der Waals surface area contributed by atoms with E-state index in [-0.39, 0.29) is 24.7 Å². The Hall–Kier alpha value is -1.66. The molecule has 1 aliphatic rings. The molecule has 1 aliphatic heterocycles. The summed E-state index contributed by atoms with van der Waals surface area (Å²) in [5.41, 5.74) is 0.589. The highest BCUT2D eigenvalue weighted by atomic mass is 79.9. The van der Waals surface area contributed by atoms with E-state index in [0.29, 0.717) is 29.6 Å². The number of amides is 1. The van der Waals surface area contributed by atoms with Crippen molar-refractivity contribution in [3.05, 3.63) is 28.9 Å². The van der Waals surface area contributed by atoms with Crippen molar-refractivity contribution in [2.75, 3.05) is 19.6 Å². The average molecular weight is 452 g/mol. The van der Waals surface area contributed by atoms with Crippen LogP contribution < -0.4 is 5.32 Å². The van der Waals surface area contributed by atoms with E-state index in [1.165, 1.54) is 6.20 Å². The van der Waals surface area contributed by atoms with Crippen molar-refractivity contribution in [3.63, 3.8) is 0 Å². The molecule has 3 heterocycles. The van der Waals surface area contributed by atoms with Crippen molar-refractivity contribution in [3.8, 4) is 0 Å². The molecule has 0 spiro atoms. The van der Waals surface area contributed by atoms with E-state index in [4.69, 9.17) is 0 Å². The van der Waals surface area contributed by atoms with Crippen LogP contribution in [0.5, 0.6) is 0 Å². The predicted octanol–water partition coefficient (Wildman–Crippen LogP) is 1.49. The summed E-state index contributed by atoms with van der Waals surface area (Å²) in [5.74, 6) is -3.79. The van der Waals surface area contributed by atoms with Crippen molar-refractivity contribution in [2.24, 2.45) is 5.92 Å². The highest BCUT2D eigenvalue weighted by Gasteiger charge is 2.34. The Morgan fingerprint density at radius 1 is 1.35 bits per heavy atom. The van der Waals surface area contributed by atoms with Gasteiger partial charge in [-0.15, -0.1) is 0 Å². The van der Waals surface area contributed by atoms with Crippen LogP contribution in [0.25, 0.3) is 5.65 Å². The summed E-state index contributed by atoms with van der Waals surface area (Å²) in [4.78, 5) is 20.6. The molecule has 2 aromatic heterocycles. The number of fused-ring (bicyclic) bond motifs is 1. The number of carbonyl (C=O) groups is 1. The molecule has 0 radical (unpaired) electrons. The van der Waals surface area contributed by atoms with Crippen LogP contribution in [0.4, 0.5) is 8.78 Å². The molecule has 1 amide bonds. The van der Waals surface area contributed by atoms with E-state index in [2.05, 4.69) is 31.2 Å². The number of nitrogens with one attached hydrogen (secondary N) is 1. The molecule has 0 aromatic carbocycles. The van der Waals surface area contributed by atoms with Gasteiger partial charge in [0.2, 0.25) is 0 Å². The van der Waals surface area contributed by atoms with Gasteiger partial charge >= 0.3 is 5.76 Å². The Balaban J connectivity index is 1.58. The van der Waals surface area contributed by atoms with Crippen LogP contribution in [-0.2, 0) is 10.0 Å². The van der Waals surface area contributed by atoms with Gasteiger partial charge in [-0.1, -0.05) is 0 Å². The number of piperidine rings is 1. The smallest absolute Gasteiger partial charge is 0.350 e. The first kappa shape index (κ1) is 19.1. The normalized spacial score (nSPS) is 17.1. The molecule has 8 nitrogen and oxygen atoms in total. The third kappa shape index (κ3) is 3.71. The van der Waals surface area contributed by atoms with Crippen molar-refractivity contribution in [1.82, 2.24) is 24.0 Å². The lowest BCUT2D eigenvalue weighted by Crippen LogP contribution is -2.43. The lowest BCUT2D eigenvalue weighted by atomic mass is 9.98. The van der Waals surface area contributed by atoms with Gasteiger partial charge in [0.15, 0.2) is 11.3 Å². The van der Waals surface area contributed by atoms with Gasteiger partial charge in [0.05, 0.1) is 6.20 Å². The monoisotopic (exact) mass is 451 g/mol. The number of rotatable bonds is 5. The largest absolute Gasteiger partial charge is 0.350 e. The van der Waals surface area contributed by atoms with Crippen LogP contribution in [0.2, 0.25) is 0 Å². The molecule has 1 N–H and O–H groups in total. The zero-order chi connectivity index (χ0) is 18.9. The van der Waals surface area contributed by atoms with E-state index in [1.54, 1.807) is 16.8 Å². The van der Waals surface area contributed by atoms with Crippen LogP contribution in [0.1, 0.15) is 23.3 Å². The summed E-state index contributed by atoms with van der Waals surface area (Å²) in [6.07, 6.45) is 5.52. The Morgan fingerprint density at radius 3 is 2.69 bits per heavy atom. The van der Waals surface area contributed by atoms with Gasteiger partial charge in [-0.2, -0.15) is 13.1 Å². The topological polar surface area (TPSA) is 96.7 Å². The number of hydrogen-bond acceptors (Lipinski definition) is 5. The number of sulfonamides is 1. The summed E-state index contributed by atoms with van der Waals surface area (Å²) >= 11 is 3.32. The number of alkyl halides is 2. The second-order valence-electron chi connectivity index (χ2n) is 5.91. The second kappa shape index (κ2) is 7.53. The van der Waals surface area contributed by atoms with Gasteiger partial charge in [-0.25, -0.2) is 18.4 Å². The number of aromatic nitrogens is 3. The molecule has 1 saturated heterocycles. The fraction of sp³-hybridized carbons (Fsp3) is 0.500. The minimum absolute atomic E-state index is 0.00860. The molecule has 0 saturated carbocycles. The maximum Gasteiger partial charge on any atom is 0.350 e. The lowest BCUT2D eigenvalue weighted by Gasteiger charge is -2.30. The zero-order valence-corrected chi connectivity index (χ0v) is 15.9. The highest BCUT2D eigenvalue weighted by Crippen LogP contribution is 2.22. The van der Waals surface area contributed by atoms with E-state index in [1.807, 2.05) is 0 Å². The molecule has 26 heavy (non-hydrogen) atoms. The van der Waals surface area contributed by atoms with Gasteiger partial charge in [-0.3, -0.25) is 9.20 Å². The molecular weight excluding hydrogens is 436 g/mol. The van der Waals surface area contributed by atoms with Gasteiger partial charge in [0, 0.05) is 32.0 Å². The van der Waals surface area contributed by atoms with Gasteiger partial charge in [0.25, 0.3) is 15.9 Å². The van der Waals surface area contributed by atoms with Crippen LogP contribution in [0, 0.1) is 5.92 Å². The summed E-state index contributed by atoms with van der Waals surface area (Å²) in [7, 11) is -4.53. The van der Waals surface area contributed by atoms with E-state index >= 15 is 0 Å². The first-order chi connectivity index (χ1) is 12.3. The van der Waals surface area contributed by atoms with Crippen molar-refractivity contribution in [1.29, 1.82) is 0 Å². The number of hydrogen-bond donors (Lipinski definition) is 1. The number of nitrogens with zero attached hydrogens (tertiary/aromatic N) is 4. The van der Waals surface area contributed by atoms with Gasteiger partial charge in [0.1, 0.15) is 4.60 Å². The van der Waals surface area contributed by atoms with Gasteiger partial charge < -0.3 is 5.32 Å². The van der Waals surface area contributed by atoms with Crippen LogP contribution in [0.3, 0.4) is 0 Å². The first-order valence-corrected chi connectivity index (χ1v) is 10.1. The second-order valence-corrected chi connectivity index (χ2v) is 8.62. The Kier molecular flexibility index (Phi) is 5.53. The first-order valence-electron chi connectivity index (χ1n) is 7.83. The predicted molar refractivity (Wildman–Crippen MR) is 92.2 cm³/mol. The fourth-order valence-electron chi connectivity index (χ4n) is 2.85. The highest BCUT2D eigenvalue weighted by molar-refractivity contribution is 9.10. The Labute approximate surface area is 156 Å². The molecule has 12 heteroatoms. The molecule has 2 aromatic rings. The molecular formula is C14H16BrF2N5O3S. The minimum Gasteiger partial charge on any atom is -0.350 e. The van der Waals surface area contributed by atoms with Crippen LogP contribution >= 0.6 is 15.9 Å². The van der Waals surface area contributed by atoms with Crippen molar-refractivity contribution in [2.45, 2.75) is 18.6 Å². The number of halogens is 3. The molecule has 0 unspecified atom stereocenters. The summed E-state index contributed by atoms with van der Waals surface area (Å²) in [5, 5.41) is 2.76.